The van der Waals surface area contributed by atoms with Crippen LogP contribution < -0.4 is 10.1 Å². The maximum Gasteiger partial charge on any atom is 0.274 e. The number of aryl methyl sites for hydroxylation is 2. The number of likely N-dealkylation sites (tertiary alicyclic amines) is 1. The fourth-order valence-electron chi connectivity index (χ4n) is 4.95. The molecule has 10 heteroatoms. The van der Waals surface area contributed by atoms with Crippen molar-refractivity contribution in [1.29, 1.82) is 0 Å². The number of piperidine rings is 1. The van der Waals surface area contributed by atoms with Gasteiger partial charge in [-0.3, -0.25) is 9.59 Å². The van der Waals surface area contributed by atoms with Crippen molar-refractivity contribution in [1.82, 2.24) is 19.8 Å². The van der Waals surface area contributed by atoms with Crippen molar-refractivity contribution >= 4 is 17.5 Å². The van der Waals surface area contributed by atoms with E-state index in [1.807, 2.05) is 31.2 Å². The molecule has 3 heterocycles. The Morgan fingerprint density at radius 1 is 1.10 bits per heavy atom. The van der Waals surface area contributed by atoms with E-state index in [0.29, 0.717) is 24.8 Å². The largest absolute Gasteiger partial charge is 0.481 e. The summed E-state index contributed by atoms with van der Waals surface area (Å²) in [7, 11) is 1.46. The third-order valence-corrected chi connectivity index (χ3v) is 7.15. The van der Waals surface area contributed by atoms with Gasteiger partial charge in [0.15, 0.2) is 5.69 Å². The van der Waals surface area contributed by atoms with Gasteiger partial charge in [0.25, 0.3) is 5.91 Å². The molecule has 202 valence electrons. The van der Waals surface area contributed by atoms with Gasteiger partial charge in [0, 0.05) is 30.4 Å². The zero-order valence-electron chi connectivity index (χ0n) is 22.1. The van der Waals surface area contributed by atoms with Crippen LogP contribution in [0.2, 0.25) is 0 Å². The SMILES string of the molecule is COc1cc(C(=O)N2CCC(c3ccc(NC(=O)Cc4c(C)noc4C)cc3)CC2)nn1-c1ccccc1F. The van der Waals surface area contributed by atoms with Crippen LogP contribution in [0.1, 0.15) is 51.8 Å². The Balaban J connectivity index is 1.18. The summed E-state index contributed by atoms with van der Waals surface area (Å²) < 4.78 is 26.1. The molecule has 0 spiro atoms. The first kappa shape index (κ1) is 26.1. The predicted molar refractivity (Wildman–Crippen MR) is 143 cm³/mol. The average Bonchev–Trinajstić information content (AvgIpc) is 3.52. The van der Waals surface area contributed by atoms with Gasteiger partial charge >= 0.3 is 0 Å². The molecule has 0 bridgehead atoms. The second kappa shape index (κ2) is 11.1. The molecule has 0 atom stereocenters. The maximum atomic E-state index is 14.3. The average molecular weight is 532 g/mol. The summed E-state index contributed by atoms with van der Waals surface area (Å²) in [6, 6.07) is 15.6. The highest BCUT2D eigenvalue weighted by Crippen LogP contribution is 2.30. The molecule has 1 N–H and O–H groups in total. The van der Waals surface area contributed by atoms with Gasteiger partial charge in [-0.1, -0.05) is 29.4 Å². The molecular formula is C29H30FN5O4. The first-order valence-electron chi connectivity index (χ1n) is 12.8. The van der Waals surface area contributed by atoms with E-state index >= 15 is 0 Å². The minimum Gasteiger partial charge on any atom is -0.481 e. The number of hydrogen-bond acceptors (Lipinski definition) is 6. The van der Waals surface area contributed by atoms with Crippen molar-refractivity contribution in [2.75, 3.05) is 25.5 Å². The number of benzene rings is 2. The lowest BCUT2D eigenvalue weighted by molar-refractivity contribution is -0.115. The number of carbonyl (C=O) groups excluding carboxylic acids is 2. The number of methoxy groups -OCH3 is 1. The number of aromatic nitrogens is 3. The standard InChI is InChI=1S/C29H30FN5O4/c1-18-23(19(2)39-33-18)16-27(36)31-22-10-8-20(9-11-22)21-12-14-34(15-13-21)29(37)25-17-28(38-3)35(32-25)26-7-5-4-6-24(26)30/h4-11,17,21H,12-16H2,1-3H3,(H,31,36). The minimum atomic E-state index is -0.454. The molecule has 0 aliphatic carbocycles. The molecule has 2 aromatic carbocycles. The first-order valence-corrected chi connectivity index (χ1v) is 12.8. The van der Waals surface area contributed by atoms with Crippen LogP contribution in [0.25, 0.3) is 5.69 Å². The second-order valence-electron chi connectivity index (χ2n) is 9.65. The Hall–Kier alpha value is -4.47. The van der Waals surface area contributed by atoms with Crippen molar-refractivity contribution in [3.63, 3.8) is 0 Å². The molecular weight excluding hydrogens is 501 g/mol. The summed E-state index contributed by atoms with van der Waals surface area (Å²) in [5, 5.41) is 11.2. The van der Waals surface area contributed by atoms with Crippen molar-refractivity contribution < 1.29 is 23.2 Å². The fraction of sp³-hybridized carbons (Fsp3) is 0.310. The Morgan fingerprint density at radius 3 is 2.46 bits per heavy atom. The molecule has 0 saturated carbocycles. The lowest BCUT2D eigenvalue weighted by atomic mass is 9.89. The van der Waals surface area contributed by atoms with Crippen LogP contribution in [0.5, 0.6) is 5.88 Å². The van der Waals surface area contributed by atoms with E-state index in [4.69, 9.17) is 9.26 Å². The molecule has 2 amide bonds. The molecule has 0 unspecified atom stereocenters. The Morgan fingerprint density at radius 2 is 1.82 bits per heavy atom. The summed E-state index contributed by atoms with van der Waals surface area (Å²) in [6.45, 7) is 4.77. The molecule has 2 aromatic heterocycles. The highest BCUT2D eigenvalue weighted by atomic mass is 19.1. The third kappa shape index (κ3) is 5.55. The topological polar surface area (TPSA) is 102 Å². The molecule has 1 aliphatic rings. The Kier molecular flexibility index (Phi) is 7.44. The number of carbonyl (C=O) groups is 2. The summed E-state index contributed by atoms with van der Waals surface area (Å²) >= 11 is 0. The van der Waals surface area contributed by atoms with E-state index in [1.165, 1.54) is 17.9 Å². The summed E-state index contributed by atoms with van der Waals surface area (Å²) in [4.78, 5) is 27.4. The third-order valence-electron chi connectivity index (χ3n) is 7.15. The van der Waals surface area contributed by atoms with Crippen molar-refractivity contribution in [3.05, 3.63) is 88.7 Å². The van der Waals surface area contributed by atoms with E-state index in [9.17, 15) is 14.0 Å². The van der Waals surface area contributed by atoms with E-state index in [0.717, 1.165) is 35.3 Å². The van der Waals surface area contributed by atoms with Gasteiger partial charge in [0.2, 0.25) is 11.8 Å². The minimum absolute atomic E-state index is 0.127. The number of ether oxygens (including phenoxy) is 1. The number of nitrogens with zero attached hydrogens (tertiary/aromatic N) is 4. The lowest BCUT2D eigenvalue weighted by Crippen LogP contribution is -2.38. The molecule has 39 heavy (non-hydrogen) atoms. The number of para-hydroxylation sites is 1. The van der Waals surface area contributed by atoms with Gasteiger partial charge in [-0.15, -0.1) is 0 Å². The van der Waals surface area contributed by atoms with Gasteiger partial charge in [0.1, 0.15) is 17.3 Å². The second-order valence-corrected chi connectivity index (χ2v) is 9.65. The van der Waals surface area contributed by atoms with Gasteiger partial charge in [0.05, 0.1) is 19.2 Å². The zero-order valence-corrected chi connectivity index (χ0v) is 22.1. The van der Waals surface area contributed by atoms with E-state index in [1.54, 1.807) is 36.1 Å². The molecule has 4 aromatic rings. The number of anilines is 1. The summed E-state index contributed by atoms with van der Waals surface area (Å²) in [5.41, 5.74) is 3.85. The van der Waals surface area contributed by atoms with Crippen LogP contribution in [0.15, 0.2) is 59.1 Å². The molecule has 0 radical (unpaired) electrons. The van der Waals surface area contributed by atoms with Gasteiger partial charge < -0.3 is 19.5 Å². The van der Waals surface area contributed by atoms with Crippen LogP contribution >= 0.6 is 0 Å². The quantitative estimate of drug-likeness (QED) is 0.367. The van der Waals surface area contributed by atoms with Crippen molar-refractivity contribution in [2.45, 2.75) is 39.0 Å². The van der Waals surface area contributed by atoms with Crippen LogP contribution in [0, 0.1) is 19.7 Å². The van der Waals surface area contributed by atoms with E-state index < -0.39 is 5.82 Å². The van der Waals surface area contributed by atoms with E-state index in [-0.39, 0.29) is 35.5 Å². The van der Waals surface area contributed by atoms with Crippen molar-refractivity contribution in [3.8, 4) is 11.6 Å². The van der Waals surface area contributed by atoms with Crippen LogP contribution in [-0.2, 0) is 11.2 Å². The number of halogens is 1. The van der Waals surface area contributed by atoms with Crippen LogP contribution in [0.3, 0.4) is 0 Å². The van der Waals surface area contributed by atoms with Crippen LogP contribution in [0.4, 0.5) is 10.1 Å². The summed E-state index contributed by atoms with van der Waals surface area (Å²) in [5.74, 6) is 0.449. The molecule has 1 aliphatic heterocycles. The Labute approximate surface area is 225 Å². The number of hydrogen-bond donors (Lipinski definition) is 1. The summed E-state index contributed by atoms with van der Waals surface area (Å²) in [6.07, 6.45) is 1.81. The molecule has 5 rings (SSSR count). The van der Waals surface area contributed by atoms with Gasteiger partial charge in [-0.05, 0) is 62.4 Å². The molecule has 1 saturated heterocycles. The highest BCUT2D eigenvalue weighted by molar-refractivity contribution is 5.93. The molecule has 9 nitrogen and oxygen atoms in total. The number of amides is 2. The first-order chi connectivity index (χ1) is 18.8. The van der Waals surface area contributed by atoms with Crippen LogP contribution in [-0.4, -0.2) is 51.9 Å². The smallest absolute Gasteiger partial charge is 0.274 e. The van der Waals surface area contributed by atoms with Gasteiger partial charge in [-0.25, -0.2) is 4.39 Å². The number of nitrogens with one attached hydrogen (secondary N) is 1. The fourth-order valence-corrected chi connectivity index (χ4v) is 4.95. The molecule has 1 fully saturated rings. The van der Waals surface area contributed by atoms with Crippen molar-refractivity contribution in [2.24, 2.45) is 0 Å². The van der Waals surface area contributed by atoms with E-state index in [2.05, 4.69) is 15.6 Å². The monoisotopic (exact) mass is 531 g/mol. The number of rotatable bonds is 7. The maximum absolute atomic E-state index is 14.3. The predicted octanol–water partition coefficient (Wildman–Crippen LogP) is 4.83. The normalized spacial score (nSPS) is 13.9. The zero-order chi connectivity index (χ0) is 27.5. The Bertz CT molecular complexity index is 1470. The lowest BCUT2D eigenvalue weighted by Gasteiger charge is -2.31. The van der Waals surface area contributed by atoms with Gasteiger partial charge in [-0.2, -0.15) is 9.78 Å². The highest BCUT2D eigenvalue weighted by Gasteiger charge is 2.27.